The fourth-order valence-corrected chi connectivity index (χ4v) is 4.48. The van der Waals surface area contributed by atoms with Crippen LogP contribution in [0.5, 0.6) is 17.5 Å². The maximum Gasteiger partial charge on any atom is 0.325 e. The van der Waals surface area contributed by atoms with Gasteiger partial charge in [-0.15, -0.1) is 9.78 Å². The van der Waals surface area contributed by atoms with E-state index in [4.69, 9.17) is 39.6 Å². The van der Waals surface area contributed by atoms with Crippen LogP contribution in [0.15, 0.2) is 54.9 Å². The molecule has 288 valence electrons. The van der Waals surface area contributed by atoms with Gasteiger partial charge in [0.15, 0.2) is 22.8 Å². The molecule has 0 spiro atoms. The first-order chi connectivity index (χ1) is 25.5. The van der Waals surface area contributed by atoms with E-state index in [2.05, 4.69) is 25.4 Å². The minimum Gasteiger partial charge on any atom is -0.497 e. The van der Waals surface area contributed by atoms with Crippen LogP contribution in [0.25, 0.3) is 5.95 Å². The van der Waals surface area contributed by atoms with E-state index in [-0.39, 0.29) is 65.9 Å². The summed E-state index contributed by atoms with van der Waals surface area (Å²) in [6, 6.07) is 9.33. The third-order valence-corrected chi connectivity index (χ3v) is 7.37. The number of nitrogens with one attached hydrogen (secondary N) is 2. The Balaban J connectivity index is 1.73. The van der Waals surface area contributed by atoms with Gasteiger partial charge in [-0.1, -0.05) is 20.8 Å². The largest absolute Gasteiger partial charge is 0.497 e. The molecule has 18 heteroatoms. The number of hydrogen-bond acceptors (Lipinski definition) is 15. The maximum atomic E-state index is 16.4. The van der Waals surface area contributed by atoms with Gasteiger partial charge in [0.1, 0.15) is 30.8 Å². The van der Waals surface area contributed by atoms with Crippen LogP contribution in [0.1, 0.15) is 64.5 Å². The topological polar surface area (TPSA) is 225 Å². The molecule has 0 aliphatic heterocycles. The third-order valence-electron chi connectivity index (χ3n) is 7.37. The van der Waals surface area contributed by atoms with Crippen molar-refractivity contribution in [3.8, 4) is 23.5 Å². The molecule has 4 rings (SSSR count). The second-order valence-electron chi connectivity index (χ2n) is 13.5. The van der Waals surface area contributed by atoms with Gasteiger partial charge in [-0.2, -0.15) is 4.98 Å². The summed E-state index contributed by atoms with van der Waals surface area (Å²) >= 11 is 0. The Labute approximate surface area is 310 Å². The molecule has 2 aromatic heterocycles. The summed E-state index contributed by atoms with van der Waals surface area (Å²) in [5, 5.41) is 15.5. The second kappa shape index (κ2) is 17.5. The molecule has 0 aliphatic rings. The number of anilines is 1. The summed E-state index contributed by atoms with van der Waals surface area (Å²) in [5.74, 6) is -3.24. The van der Waals surface area contributed by atoms with Gasteiger partial charge in [-0.3, -0.25) is 19.8 Å². The average molecular weight is 751 g/mol. The number of rotatable bonds is 17. The monoisotopic (exact) mass is 750 g/mol. The lowest BCUT2D eigenvalue weighted by Gasteiger charge is -2.24. The summed E-state index contributed by atoms with van der Waals surface area (Å²) in [4.78, 5) is 49.9. The van der Waals surface area contributed by atoms with E-state index in [0.29, 0.717) is 11.3 Å². The normalized spacial score (nSPS) is 11.9. The van der Waals surface area contributed by atoms with Crippen molar-refractivity contribution < 1.29 is 47.2 Å². The Kier molecular flexibility index (Phi) is 13.1. The molecule has 0 amide bonds. The Morgan fingerprint density at radius 2 is 1.63 bits per heavy atom. The minimum atomic E-state index is -1.66. The number of amidine groups is 1. The first-order valence-electron chi connectivity index (χ1n) is 16.6. The number of nitrogens with zero attached hydrogens (tertiary/aromatic N) is 5. The number of carbonyl (C=O) groups is 3. The third kappa shape index (κ3) is 10.6. The zero-order valence-corrected chi connectivity index (χ0v) is 31.0. The van der Waals surface area contributed by atoms with Crippen LogP contribution in [0.4, 0.5) is 10.1 Å². The van der Waals surface area contributed by atoms with Crippen LogP contribution in [0.2, 0.25) is 0 Å². The highest BCUT2D eigenvalue weighted by molar-refractivity contribution is 5.99. The van der Waals surface area contributed by atoms with Gasteiger partial charge in [0, 0.05) is 42.2 Å². The summed E-state index contributed by atoms with van der Waals surface area (Å²) in [6.07, 6.45) is 2.90. The molecule has 0 bridgehead atoms. The summed E-state index contributed by atoms with van der Waals surface area (Å²) < 4.78 is 49.9. The molecule has 2 aromatic carbocycles. The van der Waals surface area contributed by atoms with E-state index in [1.54, 1.807) is 30.3 Å². The molecule has 1 unspecified atom stereocenters. The van der Waals surface area contributed by atoms with E-state index in [0.717, 1.165) is 4.68 Å². The van der Waals surface area contributed by atoms with Crippen molar-refractivity contribution in [2.75, 3.05) is 39.0 Å². The highest BCUT2D eigenvalue weighted by atomic mass is 19.1. The van der Waals surface area contributed by atoms with E-state index in [1.807, 2.05) is 20.8 Å². The number of nitrogen functional groups attached to an aromatic ring is 1. The molecule has 0 saturated carbocycles. The lowest BCUT2D eigenvalue weighted by Crippen LogP contribution is -2.38. The highest BCUT2D eigenvalue weighted by Crippen LogP contribution is 2.36. The van der Waals surface area contributed by atoms with Crippen molar-refractivity contribution in [3.63, 3.8) is 0 Å². The molecule has 0 saturated heterocycles. The number of ether oxygens (including phenoxy) is 6. The molecule has 2 heterocycles. The number of methoxy groups -OCH3 is 1. The quantitative estimate of drug-likeness (QED) is 0.0262. The van der Waals surface area contributed by atoms with Crippen LogP contribution in [-0.4, -0.2) is 82.2 Å². The molecule has 17 nitrogen and oxygen atoms in total. The first-order valence-corrected chi connectivity index (χ1v) is 16.6. The van der Waals surface area contributed by atoms with E-state index in [1.165, 1.54) is 52.4 Å². The zero-order chi connectivity index (χ0) is 39.6. The van der Waals surface area contributed by atoms with Crippen molar-refractivity contribution >= 4 is 29.4 Å². The Morgan fingerprint density at radius 3 is 2.24 bits per heavy atom. The molecule has 4 N–H and O–H groups in total. The Morgan fingerprint density at radius 1 is 0.963 bits per heavy atom. The van der Waals surface area contributed by atoms with Crippen LogP contribution in [-0.2, 0) is 28.6 Å². The lowest BCUT2D eigenvalue weighted by molar-refractivity contribution is -0.175. The van der Waals surface area contributed by atoms with Crippen LogP contribution in [0.3, 0.4) is 0 Å². The van der Waals surface area contributed by atoms with Gasteiger partial charge in [0.25, 0.3) is 5.95 Å². The predicted octanol–water partition coefficient (Wildman–Crippen LogP) is 4.13. The molecule has 0 fully saturated rings. The van der Waals surface area contributed by atoms with Gasteiger partial charge in [0.2, 0.25) is 6.79 Å². The van der Waals surface area contributed by atoms with E-state index < -0.39 is 42.0 Å². The van der Waals surface area contributed by atoms with Gasteiger partial charge < -0.3 is 39.5 Å². The SMILES string of the molecule is COc1cc(OCCOC(C)=O)c(F)c(C(Nc2ccc(C(=N)N)cc2)c2nc(OCOC(=O)C(C)(C)C(=O)OCC(C)(C)C)n(-c3ncccn3)n2)c1. The van der Waals surface area contributed by atoms with Crippen LogP contribution < -0.4 is 25.3 Å². The molecule has 0 aliphatic carbocycles. The van der Waals surface area contributed by atoms with Crippen molar-refractivity contribution in [2.45, 2.75) is 47.6 Å². The Hall–Kier alpha value is -6.33. The van der Waals surface area contributed by atoms with Crippen LogP contribution in [0, 0.1) is 22.1 Å². The highest BCUT2D eigenvalue weighted by Gasteiger charge is 2.40. The smallest absolute Gasteiger partial charge is 0.325 e. The van der Waals surface area contributed by atoms with E-state index in [9.17, 15) is 14.4 Å². The minimum absolute atomic E-state index is 0.00818. The molecule has 4 aromatic rings. The summed E-state index contributed by atoms with van der Waals surface area (Å²) in [6.45, 7) is 8.72. The lowest BCUT2D eigenvalue weighted by atomic mass is 9.93. The van der Waals surface area contributed by atoms with Gasteiger partial charge in [-0.05, 0) is 55.7 Å². The molecular weight excluding hydrogens is 707 g/mol. The van der Waals surface area contributed by atoms with Crippen molar-refractivity contribution in [3.05, 3.63) is 77.6 Å². The number of carbonyl (C=O) groups excluding carboxylic acids is 3. The van der Waals surface area contributed by atoms with Gasteiger partial charge in [0.05, 0.1) is 13.7 Å². The maximum absolute atomic E-state index is 16.4. The zero-order valence-electron chi connectivity index (χ0n) is 31.0. The number of nitrogens with two attached hydrogens (primary N) is 1. The van der Waals surface area contributed by atoms with E-state index >= 15 is 4.39 Å². The molecular formula is C36H43FN8O9. The molecule has 54 heavy (non-hydrogen) atoms. The fourth-order valence-electron chi connectivity index (χ4n) is 4.48. The Bertz CT molecular complexity index is 1950. The van der Waals surface area contributed by atoms with Gasteiger partial charge >= 0.3 is 23.9 Å². The molecule has 1 atom stereocenters. The van der Waals surface area contributed by atoms with Crippen molar-refractivity contribution in [1.29, 1.82) is 5.41 Å². The number of benzene rings is 2. The number of esters is 3. The number of aromatic nitrogens is 5. The molecule has 0 radical (unpaired) electrons. The predicted molar refractivity (Wildman–Crippen MR) is 191 cm³/mol. The van der Waals surface area contributed by atoms with Gasteiger partial charge in [-0.25, -0.2) is 14.4 Å². The standard InChI is InChI=1S/C36H43FN8O9/c1-21(46)50-15-16-51-26-18-24(49-7)17-25(27(26)37)28(42-23-11-9-22(10-12-23)29(38)39)30-43-34(45(44-30)33-40-13-8-14-41-33)54-20-53-32(48)36(5,6)31(47)52-19-35(2,3)4/h8-14,17-18,28,42H,15-16,19-20H2,1-7H3,(H3,38,39). The van der Waals surface area contributed by atoms with Crippen molar-refractivity contribution in [2.24, 2.45) is 16.6 Å². The summed E-state index contributed by atoms with van der Waals surface area (Å²) in [7, 11) is 1.39. The average Bonchev–Trinajstić information content (AvgIpc) is 3.55. The first kappa shape index (κ1) is 40.4. The van der Waals surface area contributed by atoms with Crippen molar-refractivity contribution in [1.82, 2.24) is 24.7 Å². The fraction of sp³-hybridized carbons (Fsp3) is 0.389. The summed E-state index contributed by atoms with van der Waals surface area (Å²) in [5.41, 5.74) is 4.52. The van der Waals surface area contributed by atoms with Crippen LogP contribution >= 0.6 is 0 Å². The second-order valence-corrected chi connectivity index (χ2v) is 13.5. The number of hydrogen-bond donors (Lipinski definition) is 3. The number of halogens is 1.